The van der Waals surface area contributed by atoms with Crippen molar-refractivity contribution in [1.29, 1.82) is 0 Å². The molecule has 2 aromatic carbocycles. The van der Waals surface area contributed by atoms with Gasteiger partial charge in [-0.1, -0.05) is 109 Å². The number of phenols is 2. The molecule has 2 aromatic heterocycles. The minimum atomic E-state index is -2.28. The summed E-state index contributed by atoms with van der Waals surface area (Å²) in [7, 11) is 0. The first-order valence-electron chi connectivity index (χ1n) is 37.8. The maximum absolute atomic E-state index is 14.6. The quantitative estimate of drug-likeness (QED) is 0.0252. The van der Waals surface area contributed by atoms with Crippen LogP contribution in [0, 0.1) is 22.3 Å². The summed E-state index contributed by atoms with van der Waals surface area (Å²) in [5.74, 6) is -5.88. The predicted molar refractivity (Wildman–Crippen MR) is 416 cm³/mol. The number of carbonyl (C=O) groups is 7. The number of hydrogen-bond donors (Lipinski definition) is 20. The summed E-state index contributed by atoms with van der Waals surface area (Å²) in [6.07, 6.45) is 0.540. The number of rotatable bonds is 25. The van der Waals surface area contributed by atoms with Crippen LogP contribution in [-0.4, -0.2) is 242 Å². The van der Waals surface area contributed by atoms with E-state index in [0.29, 0.717) is 51.2 Å². The third-order valence-electron chi connectivity index (χ3n) is 20.0. The van der Waals surface area contributed by atoms with E-state index in [0.717, 1.165) is 89.5 Å². The van der Waals surface area contributed by atoms with E-state index in [1.807, 2.05) is 41.6 Å². The molecule has 34 heteroatoms. The van der Waals surface area contributed by atoms with Gasteiger partial charge in [-0.15, -0.1) is 0 Å². The first-order valence-corrected chi connectivity index (χ1v) is 39.2. The smallest absolute Gasteiger partial charge is 0.283 e. The molecule has 1 aliphatic carbocycles. The van der Waals surface area contributed by atoms with Gasteiger partial charge in [-0.05, 0) is 141 Å². The fourth-order valence-electron chi connectivity index (χ4n) is 13.8. The molecule has 5 heterocycles. The lowest BCUT2D eigenvalue weighted by molar-refractivity contribution is -0.148. The molecule has 16 atom stereocenters. The molecule has 4 aromatic rings. The summed E-state index contributed by atoms with van der Waals surface area (Å²) < 4.78 is 1.54. The number of aryl methyl sites for hydroxylation is 1. The van der Waals surface area contributed by atoms with Crippen LogP contribution in [0.25, 0.3) is 10.9 Å². The van der Waals surface area contributed by atoms with E-state index < -0.39 is 146 Å². The lowest BCUT2D eigenvalue weighted by Gasteiger charge is -2.35. The molecule has 3 saturated heterocycles. The van der Waals surface area contributed by atoms with Gasteiger partial charge < -0.3 is 110 Å². The van der Waals surface area contributed by atoms with Gasteiger partial charge in [-0.25, -0.2) is 0 Å². The Labute approximate surface area is 654 Å². The van der Waals surface area contributed by atoms with Crippen LogP contribution < -0.4 is 54.7 Å². The number of unbranched alkanes of at least 4 members (excludes halogenated alkanes) is 5. The number of fused-ring (bicyclic) bond motifs is 3. The Morgan fingerprint density at radius 3 is 1.99 bits per heavy atom. The fourth-order valence-corrected chi connectivity index (χ4v) is 14.8. The average molecular weight is 1670 g/mol. The molecular weight excluding hydrogens is 1550 g/mol. The molecule has 0 spiro atoms. The molecule has 1 saturated carbocycles. The van der Waals surface area contributed by atoms with Crippen molar-refractivity contribution in [3.05, 3.63) is 96.6 Å². The van der Waals surface area contributed by atoms with Crippen LogP contribution in [0.1, 0.15) is 179 Å². The maximum atomic E-state index is 14.6. The van der Waals surface area contributed by atoms with E-state index in [-0.39, 0.29) is 74.7 Å². The number of nitrogens with zero attached hydrogens (tertiary/aromatic N) is 4. The van der Waals surface area contributed by atoms with Crippen LogP contribution in [0.5, 0.6) is 11.5 Å². The Kier molecular flexibility index (Phi) is 39.7. The van der Waals surface area contributed by atoms with Gasteiger partial charge in [0.25, 0.3) is 5.56 Å². The number of hydrogen-bond acceptors (Lipinski definition) is 24. The zero-order valence-electron chi connectivity index (χ0n) is 62.9. The van der Waals surface area contributed by atoms with Gasteiger partial charge in [-0.2, -0.15) is 4.73 Å². The Morgan fingerprint density at radius 1 is 0.725 bits per heavy atom. The van der Waals surface area contributed by atoms with E-state index in [1.165, 1.54) is 56.0 Å². The summed E-state index contributed by atoms with van der Waals surface area (Å²) in [6.45, 7) is 9.10. The Balaban J connectivity index is 0.000000536. The second-order valence-electron chi connectivity index (χ2n) is 28.8. The van der Waals surface area contributed by atoms with Gasteiger partial charge in [0.2, 0.25) is 41.4 Å². The van der Waals surface area contributed by atoms with Gasteiger partial charge in [-0.3, -0.25) is 48.7 Å². The third kappa shape index (κ3) is 28.0. The number of nitrogens with one attached hydrogen (secondary N) is 6. The van der Waals surface area contributed by atoms with Crippen molar-refractivity contribution >= 4 is 86.4 Å². The van der Waals surface area contributed by atoms with Crippen LogP contribution in [0.3, 0.4) is 0 Å². The highest BCUT2D eigenvalue weighted by molar-refractivity contribution is 14.1. The second kappa shape index (κ2) is 46.8. The molecule has 109 heavy (non-hydrogen) atoms. The van der Waals surface area contributed by atoms with E-state index in [2.05, 4.69) is 57.7 Å². The predicted octanol–water partition coefficient (Wildman–Crippen LogP) is 1.27. The van der Waals surface area contributed by atoms with Crippen molar-refractivity contribution in [3.8, 4) is 11.5 Å². The van der Waals surface area contributed by atoms with Gasteiger partial charge in [0.15, 0.2) is 5.75 Å². The fraction of sp³-hybridized carbons (Fsp3) is 0.640. The number of benzene rings is 2. The number of pyridine rings is 2. The molecule has 32 nitrogen and oxygen atoms in total. The van der Waals surface area contributed by atoms with Crippen molar-refractivity contribution in [2.75, 3.05) is 45.9 Å². The zero-order valence-corrected chi connectivity index (χ0v) is 65.8. The van der Waals surface area contributed by atoms with Gasteiger partial charge >= 0.3 is 0 Å². The number of amides is 7. The van der Waals surface area contributed by atoms with Crippen LogP contribution in [0.2, 0.25) is 5.02 Å². The van der Waals surface area contributed by atoms with E-state index in [9.17, 15) is 89.5 Å². The van der Waals surface area contributed by atoms with Gasteiger partial charge in [0, 0.05) is 75.6 Å². The number of aromatic hydroxyl groups is 2. The third-order valence-corrected chi connectivity index (χ3v) is 21.1. The summed E-state index contributed by atoms with van der Waals surface area (Å²) >= 11 is 8.00. The van der Waals surface area contributed by atoms with Crippen molar-refractivity contribution in [2.45, 2.75) is 248 Å². The monoisotopic (exact) mass is 1670 g/mol. The van der Waals surface area contributed by atoms with Crippen LogP contribution in [0.4, 0.5) is 0 Å². The van der Waals surface area contributed by atoms with E-state index in [4.69, 9.17) is 33.9 Å². The van der Waals surface area contributed by atoms with E-state index >= 15 is 0 Å². The molecule has 4 aliphatic rings. The van der Waals surface area contributed by atoms with Crippen LogP contribution in [-0.2, 0) is 33.6 Å². The summed E-state index contributed by atoms with van der Waals surface area (Å²) in [5.41, 5.74) is 18.2. The number of phenolic OH excluding ortho intramolecular Hbond substituents is 2. The number of halogens is 2. The highest BCUT2D eigenvalue weighted by atomic mass is 127. The van der Waals surface area contributed by atoms with Crippen molar-refractivity contribution in [3.63, 3.8) is 0 Å². The minimum Gasteiger partial charge on any atom is -0.508 e. The average Bonchev–Trinajstić information content (AvgIpc) is 1.76. The largest absolute Gasteiger partial charge is 0.508 e. The standard InChI is InChI=1S/C52H88N10O15.C12H17NO2.C9H5ClINO.C2H7NO/c1-5-28(2)24-29(3)12-10-8-6-7-9-11-13-39(69)56-34-26-38(68)46(55-22-21-54)60-50(75)43-37(67)19-23-61(43)52(77)41(36(66)18-20-53)58-49(74)42(45(71)44(70)31-14-16-32(64)17-15-31)59-48(73)35-25-33(65)27-62(35)51(76)40(30(4)63)57-47(34)72;1-9-7-11(13(15)12(14)8-9)10-5-3-2-4-6-10;10-6-4-7(11)9(13)8-5(6)2-1-3-12-8;3-1-2-4/h14-17,28-30,33-38,40-46,55,63-68,70-71H,5-13,18-27,53-54H2,1-4H3,(H,56,69)(H,57,72)(H,58,74)(H,59,73)(H,60,75);7-8,10,15H,2-6H2,1H3;1-4,13H;4H,1-3H2/t28?,29?,30-,33-,34+,35+,36+,37+,38-,40+,41+,42+,43+,44+,45+,46-;;;/m1.../s1. The van der Waals surface area contributed by atoms with Gasteiger partial charge in [0.05, 0.1) is 51.4 Å². The molecule has 610 valence electrons. The molecular formula is C75H117ClIN13O19. The number of nitrogens with two attached hydrogens (primary N) is 3. The Morgan fingerprint density at radius 2 is 1.36 bits per heavy atom. The maximum Gasteiger partial charge on any atom is 0.283 e. The normalized spacial score (nSPS) is 24.2. The number of aromatic nitrogens is 2. The zero-order chi connectivity index (χ0) is 80.8. The molecule has 7 amide bonds. The molecule has 3 aliphatic heterocycles. The summed E-state index contributed by atoms with van der Waals surface area (Å²) in [5, 5.41) is 133. The highest BCUT2D eigenvalue weighted by Crippen LogP contribution is 2.35. The van der Waals surface area contributed by atoms with E-state index in [1.54, 1.807) is 18.3 Å². The number of carbonyl (C=O) groups excluding carboxylic acids is 7. The molecule has 8 rings (SSSR count). The molecule has 0 radical (unpaired) electrons. The van der Waals surface area contributed by atoms with Crippen LogP contribution >= 0.6 is 34.2 Å². The van der Waals surface area contributed by atoms with Crippen molar-refractivity contribution < 1.29 is 89.8 Å². The lowest BCUT2D eigenvalue weighted by atomic mass is 9.86. The molecule has 2 unspecified atom stereocenters. The summed E-state index contributed by atoms with van der Waals surface area (Å²) in [4.78, 5) is 117. The SMILES string of the molecule is CCC(C)CC(C)CCCCCCCCC(=O)N[C@H]1C[C@@H](O)[C@H](NCCN)NC(=O)[C@@H]2[C@@H](O)CCN2C(=O)[C@H]([C@@H](O)CCN)NC(=O)[C@H]([C@H](O)[C@@H](O)c2ccc(O)cc2)NC(=O)[C@@H]2C[C@@H](O)CN2C(=O)[C@H]([C@@H](C)O)NC1=O.Cc1cc(C2CCCCC2)n(O)c(=O)c1.NCCO.Oc1c(I)cc(Cl)c2cccnc12. The van der Waals surface area contributed by atoms with Crippen molar-refractivity contribution in [1.82, 2.24) is 51.4 Å². The van der Waals surface area contributed by atoms with Crippen molar-refractivity contribution in [2.24, 2.45) is 29.0 Å². The summed E-state index contributed by atoms with van der Waals surface area (Å²) in [6, 6.07) is 2.34. The molecule has 0 bridgehead atoms. The second-order valence-corrected chi connectivity index (χ2v) is 30.4. The minimum absolute atomic E-state index is 0.0257. The lowest BCUT2D eigenvalue weighted by Crippen LogP contribution is -2.65. The topological polar surface area (TPSA) is 534 Å². The van der Waals surface area contributed by atoms with Crippen LogP contribution in [0.15, 0.2) is 65.6 Å². The Bertz CT molecular complexity index is 3600. The Hall–Kier alpha value is -6.97. The molecule has 23 N–H and O–H groups in total. The number of aliphatic hydroxyl groups is 8. The number of aliphatic hydroxyl groups excluding tert-OH is 8. The molecule has 4 fully saturated rings. The highest BCUT2D eigenvalue weighted by Gasteiger charge is 2.49. The first kappa shape index (κ1) is 92.6. The van der Waals surface area contributed by atoms with Gasteiger partial charge in [0.1, 0.15) is 65.9 Å². The first-order chi connectivity index (χ1) is 51.8.